The summed E-state index contributed by atoms with van der Waals surface area (Å²) in [5.41, 5.74) is 3.85. The Morgan fingerprint density at radius 1 is 0.905 bits per heavy atom. The number of carbonyl (C=O) groups is 2. The first kappa shape index (κ1) is 12.5. The van der Waals surface area contributed by atoms with Crippen LogP contribution in [0.2, 0.25) is 0 Å². The highest BCUT2D eigenvalue weighted by atomic mass is 32.1. The fourth-order valence-corrected chi connectivity index (χ4v) is 4.45. The average Bonchev–Trinajstić information content (AvgIpc) is 2.84. The number of rotatable bonds is 0. The highest BCUT2D eigenvalue weighted by molar-refractivity contribution is 7.21. The third-order valence-corrected chi connectivity index (χ3v) is 5.12. The maximum atomic E-state index is 12.8. The van der Waals surface area contributed by atoms with E-state index < -0.39 is 0 Å². The van der Waals surface area contributed by atoms with E-state index in [0.717, 1.165) is 21.2 Å². The molecule has 0 amide bonds. The van der Waals surface area contributed by atoms with Crippen LogP contribution >= 0.6 is 11.3 Å². The van der Waals surface area contributed by atoms with Crippen molar-refractivity contribution in [3.05, 3.63) is 69.1 Å². The Bertz CT molecular complexity index is 947. The van der Waals surface area contributed by atoms with Gasteiger partial charge in [-0.2, -0.15) is 0 Å². The van der Waals surface area contributed by atoms with Gasteiger partial charge in [0.1, 0.15) is 0 Å². The van der Waals surface area contributed by atoms with Gasteiger partial charge in [0.05, 0.1) is 10.4 Å². The molecule has 21 heavy (non-hydrogen) atoms. The lowest BCUT2D eigenvalue weighted by atomic mass is 9.86. The Hall–Kier alpha value is -2.26. The van der Waals surface area contributed by atoms with E-state index in [1.807, 2.05) is 13.8 Å². The van der Waals surface area contributed by atoms with Gasteiger partial charge in [0.15, 0.2) is 5.78 Å². The summed E-state index contributed by atoms with van der Waals surface area (Å²) in [5.74, 6) is -0.0585. The van der Waals surface area contributed by atoms with Crippen LogP contribution in [-0.2, 0) is 0 Å². The molecule has 102 valence electrons. The van der Waals surface area contributed by atoms with Crippen LogP contribution in [0.4, 0.5) is 0 Å². The lowest BCUT2D eigenvalue weighted by Crippen LogP contribution is -2.18. The number of hydrogen-bond donors (Lipinski definition) is 0. The minimum absolute atomic E-state index is 0.0292. The van der Waals surface area contributed by atoms with Crippen molar-refractivity contribution in [3.63, 3.8) is 0 Å². The summed E-state index contributed by atoms with van der Waals surface area (Å²) < 4.78 is 1.02. The van der Waals surface area contributed by atoms with Crippen molar-refractivity contribution in [1.29, 1.82) is 0 Å². The smallest absolute Gasteiger partial charge is 0.204 e. The lowest BCUT2D eigenvalue weighted by molar-refractivity contribution is 0.0983. The molecule has 1 aliphatic carbocycles. The molecule has 4 rings (SSSR count). The van der Waals surface area contributed by atoms with E-state index in [1.165, 1.54) is 11.3 Å². The normalized spacial score (nSPS) is 13.4. The molecule has 0 saturated heterocycles. The summed E-state index contributed by atoms with van der Waals surface area (Å²) in [5, 5.41) is 0.938. The van der Waals surface area contributed by atoms with Crippen LogP contribution in [0.5, 0.6) is 0 Å². The third kappa shape index (κ3) is 1.58. The lowest BCUT2D eigenvalue weighted by Gasteiger charge is -2.14. The van der Waals surface area contributed by atoms with Gasteiger partial charge in [-0.3, -0.25) is 9.59 Å². The fourth-order valence-electron chi connectivity index (χ4n) is 3.12. The second-order valence-corrected chi connectivity index (χ2v) is 6.52. The molecule has 2 nitrogen and oxygen atoms in total. The van der Waals surface area contributed by atoms with Crippen molar-refractivity contribution in [2.75, 3.05) is 0 Å². The molecule has 0 radical (unpaired) electrons. The molecular formula is C18H12O2S. The number of benzene rings is 2. The molecule has 0 bridgehead atoms. The second-order valence-electron chi connectivity index (χ2n) is 5.46. The van der Waals surface area contributed by atoms with Gasteiger partial charge in [-0.1, -0.05) is 30.3 Å². The predicted molar refractivity (Wildman–Crippen MR) is 84.6 cm³/mol. The summed E-state index contributed by atoms with van der Waals surface area (Å²) in [6.45, 7) is 4.03. The number of fused-ring (bicyclic) bond motifs is 4. The van der Waals surface area contributed by atoms with E-state index in [1.54, 1.807) is 24.3 Å². The van der Waals surface area contributed by atoms with E-state index in [4.69, 9.17) is 0 Å². The molecule has 2 aromatic carbocycles. The maximum Gasteiger partial charge on any atom is 0.204 e. The van der Waals surface area contributed by atoms with Gasteiger partial charge in [-0.05, 0) is 31.0 Å². The van der Waals surface area contributed by atoms with Crippen LogP contribution in [-0.4, -0.2) is 11.6 Å². The average molecular weight is 292 g/mol. The quantitative estimate of drug-likeness (QED) is 0.484. The second kappa shape index (κ2) is 4.12. The summed E-state index contributed by atoms with van der Waals surface area (Å²) in [6, 6.07) is 11.2. The first-order valence-electron chi connectivity index (χ1n) is 6.80. The molecule has 3 heteroatoms. The fraction of sp³-hybridized carbons (Fsp3) is 0.111. The zero-order valence-corrected chi connectivity index (χ0v) is 12.5. The molecule has 3 aromatic rings. The molecule has 1 aromatic heterocycles. The van der Waals surface area contributed by atoms with Crippen molar-refractivity contribution >= 4 is 33.0 Å². The van der Waals surface area contributed by atoms with Crippen molar-refractivity contribution < 1.29 is 9.59 Å². The number of hydrogen-bond acceptors (Lipinski definition) is 3. The number of ketones is 2. The molecule has 1 heterocycles. The van der Waals surface area contributed by atoms with Gasteiger partial charge in [-0.25, -0.2) is 0 Å². The first-order valence-corrected chi connectivity index (χ1v) is 7.62. The van der Waals surface area contributed by atoms with Gasteiger partial charge in [0.25, 0.3) is 0 Å². The van der Waals surface area contributed by atoms with E-state index in [9.17, 15) is 9.59 Å². The Morgan fingerprint density at radius 2 is 1.57 bits per heavy atom. The topological polar surface area (TPSA) is 34.1 Å². The molecule has 0 spiro atoms. The van der Waals surface area contributed by atoms with Crippen molar-refractivity contribution in [2.45, 2.75) is 13.8 Å². The molecule has 0 unspecified atom stereocenters. The highest BCUT2D eigenvalue weighted by Crippen LogP contribution is 2.40. The molecule has 0 aliphatic heterocycles. The molecule has 0 fully saturated rings. The highest BCUT2D eigenvalue weighted by Gasteiger charge is 2.33. The van der Waals surface area contributed by atoms with Gasteiger partial charge in [0.2, 0.25) is 5.78 Å². The van der Waals surface area contributed by atoms with E-state index >= 15 is 0 Å². The van der Waals surface area contributed by atoms with Gasteiger partial charge >= 0.3 is 0 Å². The van der Waals surface area contributed by atoms with E-state index in [0.29, 0.717) is 21.6 Å². The first-order chi connectivity index (χ1) is 10.1. The van der Waals surface area contributed by atoms with Crippen LogP contribution in [0, 0.1) is 13.8 Å². The number of carbonyl (C=O) groups excluding carboxylic acids is 2. The monoisotopic (exact) mass is 292 g/mol. The summed E-state index contributed by atoms with van der Waals surface area (Å²) in [7, 11) is 0. The van der Waals surface area contributed by atoms with Crippen LogP contribution in [0.15, 0.2) is 36.4 Å². The van der Waals surface area contributed by atoms with E-state index in [-0.39, 0.29) is 11.6 Å². The summed E-state index contributed by atoms with van der Waals surface area (Å²) >= 11 is 1.43. The Labute approximate surface area is 126 Å². The van der Waals surface area contributed by atoms with Crippen molar-refractivity contribution in [2.24, 2.45) is 0 Å². The van der Waals surface area contributed by atoms with Crippen molar-refractivity contribution in [1.82, 2.24) is 0 Å². The van der Waals surface area contributed by atoms with Crippen LogP contribution in [0.25, 0.3) is 10.1 Å². The minimum atomic E-state index is -0.0293. The SMILES string of the molecule is Cc1cc(C)c2c3c(sc2c1)C(=O)c1ccccc1C3=O. The zero-order valence-electron chi connectivity index (χ0n) is 11.7. The minimum Gasteiger partial charge on any atom is -0.289 e. The maximum absolute atomic E-state index is 12.8. The third-order valence-electron chi connectivity index (χ3n) is 3.98. The predicted octanol–water partition coefficient (Wildman–Crippen LogP) is 4.29. The number of thiophene rings is 1. The van der Waals surface area contributed by atoms with Crippen molar-refractivity contribution in [3.8, 4) is 0 Å². The van der Waals surface area contributed by atoms with E-state index in [2.05, 4.69) is 12.1 Å². The standard InChI is InChI=1S/C18H12O2S/c1-9-7-10(2)14-13(8-9)21-18-15(14)16(19)11-5-3-4-6-12(11)17(18)20/h3-8H,1-2H3. The van der Waals surface area contributed by atoms with Gasteiger partial charge in [0, 0.05) is 21.2 Å². The molecule has 0 atom stereocenters. The van der Waals surface area contributed by atoms with Gasteiger partial charge < -0.3 is 0 Å². The number of aryl methyl sites for hydroxylation is 2. The molecular weight excluding hydrogens is 280 g/mol. The largest absolute Gasteiger partial charge is 0.289 e. The Balaban J connectivity index is 2.14. The summed E-state index contributed by atoms with van der Waals surface area (Å²) in [4.78, 5) is 26.1. The van der Waals surface area contributed by atoms with Crippen LogP contribution < -0.4 is 0 Å². The Kier molecular flexibility index (Phi) is 2.45. The van der Waals surface area contributed by atoms with Gasteiger partial charge in [-0.15, -0.1) is 11.3 Å². The Morgan fingerprint density at radius 3 is 2.29 bits per heavy atom. The molecule has 0 N–H and O–H groups in total. The zero-order chi connectivity index (χ0) is 14.7. The van der Waals surface area contributed by atoms with Crippen LogP contribution in [0.1, 0.15) is 42.3 Å². The molecule has 0 saturated carbocycles. The molecule has 1 aliphatic rings. The summed E-state index contributed by atoms with van der Waals surface area (Å²) in [6.07, 6.45) is 0. The van der Waals surface area contributed by atoms with Crippen LogP contribution in [0.3, 0.4) is 0 Å².